The van der Waals surface area contributed by atoms with Crippen molar-refractivity contribution in [3.63, 3.8) is 0 Å². The van der Waals surface area contributed by atoms with Crippen LogP contribution in [0.5, 0.6) is 0 Å². The molecule has 100 valence electrons. The van der Waals surface area contributed by atoms with Crippen molar-refractivity contribution in [1.82, 2.24) is 4.90 Å². The van der Waals surface area contributed by atoms with Crippen molar-refractivity contribution < 1.29 is 4.39 Å². The molecule has 18 heavy (non-hydrogen) atoms. The monoisotopic (exact) mass is 251 g/mol. The number of benzene rings is 1. The van der Waals surface area contributed by atoms with E-state index in [0.29, 0.717) is 11.6 Å². The van der Waals surface area contributed by atoms with E-state index in [1.807, 2.05) is 6.07 Å². The van der Waals surface area contributed by atoms with E-state index in [4.69, 9.17) is 5.73 Å². The van der Waals surface area contributed by atoms with Crippen molar-refractivity contribution in [3.05, 3.63) is 24.0 Å². The van der Waals surface area contributed by atoms with E-state index in [-0.39, 0.29) is 11.5 Å². The zero-order chi connectivity index (χ0) is 13.0. The van der Waals surface area contributed by atoms with Crippen molar-refractivity contribution in [2.75, 3.05) is 37.2 Å². The molecule has 0 bridgehead atoms. The first-order valence-corrected chi connectivity index (χ1v) is 6.67. The molecule has 1 fully saturated rings. The normalized spacial score (nSPS) is 17.9. The third kappa shape index (κ3) is 3.35. The maximum Gasteiger partial charge on any atom is 0.148 e. The standard InChI is InChI=1S/C14H22FN3/c1-11(10-18-7-2-3-8-18)9-17-13-6-4-5-12(15)14(13)16/h4-6,11,17H,2-3,7-10,16H2,1H3. The number of nitrogen functional groups attached to an aromatic ring is 1. The van der Waals surface area contributed by atoms with Crippen molar-refractivity contribution in [2.24, 2.45) is 5.92 Å². The Morgan fingerprint density at radius 3 is 2.83 bits per heavy atom. The van der Waals surface area contributed by atoms with E-state index >= 15 is 0 Å². The van der Waals surface area contributed by atoms with Crippen LogP contribution in [0.25, 0.3) is 0 Å². The van der Waals surface area contributed by atoms with Gasteiger partial charge in [-0.2, -0.15) is 0 Å². The van der Waals surface area contributed by atoms with Crippen LogP contribution in [0.1, 0.15) is 19.8 Å². The van der Waals surface area contributed by atoms with Gasteiger partial charge in [0.15, 0.2) is 0 Å². The molecule has 1 aromatic rings. The van der Waals surface area contributed by atoms with Crippen LogP contribution < -0.4 is 11.1 Å². The number of hydrogen-bond donors (Lipinski definition) is 2. The molecule has 3 nitrogen and oxygen atoms in total. The van der Waals surface area contributed by atoms with Gasteiger partial charge in [-0.05, 0) is 44.0 Å². The summed E-state index contributed by atoms with van der Waals surface area (Å²) in [6.45, 7) is 6.56. The second-order valence-electron chi connectivity index (χ2n) is 5.19. The Kier molecular flexibility index (Phi) is 4.42. The van der Waals surface area contributed by atoms with E-state index in [1.54, 1.807) is 6.07 Å². The van der Waals surface area contributed by atoms with Gasteiger partial charge in [-0.3, -0.25) is 0 Å². The molecular formula is C14H22FN3. The van der Waals surface area contributed by atoms with Crippen LogP contribution in [0.15, 0.2) is 18.2 Å². The number of hydrogen-bond acceptors (Lipinski definition) is 3. The van der Waals surface area contributed by atoms with Crippen LogP contribution in [0.2, 0.25) is 0 Å². The summed E-state index contributed by atoms with van der Waals surface area (Å²) in [6, 6.07) is 4.88. The second-order valence-corrected chi connectivity index (χ2v) is 5.19. The summed E-state index contributed by atoms with van der Waals surface area (Å²) in [5.74, 6) is 0.179. The van der Waals surface area contributed by atoms with E-state index in [9.17, 15) is 4.39 Å². The molecule has 1 heterocycles. The molecule has 1 aliphatic rings. The molecule has 1 unspecified atom stereocenters. The van der Waals surface area contributed by atoms with Crippen LogP contribution in [0, 0.1) is 11.7 Å². The Hall–Kier alpha value is -1.29. The minimum Gasteiger partial charge on any atom is -0.395 e. The number of nitrogens with zero attached hydrogens (tertiary/aromatic N) is 1. The summed E-state index contributed by atoms with van der Waals surface area (Å²) in [7, 11) is 0. The third-order valence-electron chi connectivity index (χ3n) is 3.46. The highest BCUT2D eigenvalue weighted by Crippen LogP contribution is 2.21. The lowest BCUT2D eigenvalue weighted by atomic mass is 10.1. The Morgan fingerprint density at radius 2 is 2.11 bits per heavy atom. The fourth-order valence-corrected chi connectivity index (χ4v) is 2.45. The van der Waals surface area contributed by atoms with E-state index < -0.39 is 0 Å². The van der Waals surface area contributed by atoms with Crippen molar-refractivity contribution >= 4 is 11.4 Å². The van der Waals surface area contributed by atoms with E-state index in [0.717, 1.165) is 13.1 Å². The van der Waals surface area contributed by atoms with Gasteiger partial charge in [-0.1, -0.05) is 13.0 Å². The van der Waals surface area contributed by atoms with Gasteiger partial charge in [0.05, 0.1) is 11.4 Å². The molecule has 0 aliphatic carbocycles. The molecule has 0 spiro atoms. The number of likely N-dealkylation sites (tertiary alicyclic amines) is 1. The molecule has 1 saturated heterocycles. The summed E-state index contributed by atoms with van der Waals surface area (Å²) in [4.78, 5) is 2.49. The number of anilines is 2. The van der Waals surface area contributed by atoms with Crippen molar-refractivity contribution in [3.8, 4) is 0 Å². The summed E-state index contributed by atoms with van der Waals surface area (Å²) >= 11 is 0. The fourth-order valence-electron chi connectivity index (χ4n) is 2.45. The van der Waals surface area contributed by atoms with Crippen LogP contribution in [-0.2, 0) is 0 Å². The number of nitrogens with one attached hydrogen (secondary N) is 1. The van der Waals surface area contributed by atoms with Crippen LogP contribution in [0.3, 0.4) is 0 Å². The largest absolute Gasteiger partial charge is 0.395 e. The lowest BCUT2D eigenvalue weighted by molar-refractivity contribution is 0.294. The molecule has 0 radical (unpaired) electrons. The molecule has 0 saturated carbocycles. The van der Waals surface area contributed by atoms with Gasteiger partial charge < -0.3 is 16.0 Å². The minimum absolute atomic E-state index is 0.214. The molecule has 2 rings (SSSR count). The van der Waals surface area contributed by atoms with Gasteiger partial charge in [0, 0.05) is 13.1 Å². The molecule has 4 heteroatoms. The van der Waals surface area contributed by atoms with Gasteiger partial charge >= 0.3 is 0 Å². The van der Waals surface area contributed by atoms with Crippen molar-refractivity contribution in [2.45, 2.75) is 19.8 Å². The summed E-state index contributed by atoms with van der Waals surface area (Å²) in [5.41, 5.74) is 6.60. The highest BCUT2D eigenvalue weighted by atomic mass is 19.1. The maximum absolute atomic E-state index is 13.3. The van der Waals surface area contributed by atoms with Gasteiger partial charge in [-0.15, -0.1) is 0 Å². The Bertz CT molecular complexity index is 389. The molecule has 1 aliphatic heterocycles. The fraction of sp³-hybridized carbons (Fsp3) is 0.571. The smallest absolute Gasteiger partial charge is 0.148 e. The molecule has 1 aromatic carbocycles. The van der Waals surface area contributed by atoms with E-state index in [1.165, 1.54) is 32.0 Å². The van der Waals surface area contributed by atoms with Gasteiger partial charge in [0.25, 0.3) is 0 Å². The molecule has 1 atom stereocenters. The number of para-hydroxylation sites is 1. The average Bonchev–Trinajstić information content (AvgIpc) is 2.84. The Balaban J connectivity index is 1.81. The van der Waals surface area contributed by atoms with Crippen LogP contribution >= 0.6 is 0 Å². The zero-order valence-corrected chi connectivity index (χ0v) is 11.0. The zero-order valence-electron chi connectivity index (χ0n) is 11.0. The molecular weight excluding hydrogens is 229 g/mol. The van der Waals surface area contributed by atoms with Gasteiger partial charge in [0.2, 0.25) is 0 Å². The van der Waals surface area contributed by atoms with Gasteiger partial charge in [-0.25, -0.2) is 4.39 Å². The van der Waals surface area contributed by atoms with Crippen molar-refractivity contribution in [1.29, 1.82) is 0 Å². The predicted molar refractivity (Wildman–Crippen MR) is 74.1 cm³/mol. The lowest BCUT2D eigenvalue weighted by Crippen LogP contribution is -2.29. The minimum atomic E-state index is -0.354. The Morgan fingerprint density at radius 1 is 1.39 bits per heavy atom. The second kappa shape index (κ2) is 6.05. The maximum atomic E-state index is 13.3. The van der Waals surface area contributed by atoms with Crippen LogP contribution in [0.4, 0.5) is 15.8 Å². The van der Waals surface area contributed by atoms with Gasteiger partial charge in [0.1, 0.15) is 5.82 Å². The first-order chi connectivity index (χ1) is 8.66. The molecule has 3 N–H and O–H groups in total. The Labute approximate surface area is 108 Å². The first kappa shape index (κ1) is 13.1. The molecule has 0 aromatic heterocycles. The lowest BCUT2D eigenvalue weighted by Gasteiger charge is -2.21. The number of halogens is 1. The highest BCUT2D eigenvalue weighted by Gasteiger charge is 2.14. The average molecular weight is 251 g/mol. The quantitative estimate of drug-likeness (QED) is 0.790. The topological polar surface area (TPSA) is 41.3 Å². The molecule has 0 amide bonds. The first-order valence-electron chi connectivity index (χ1n) is 6.67. The summed E-state index contributed by atoms with van der Waals surface area (Å²) in [5, 5.41) is 3.24. The predicted octanol–water partition coefficient (Wildman–Crippen LogP) is 2.55. The SMILES string of the molecule is CC(CNc1cccc(F)c1N)CN1CCCC1. The van der Waals surface area contributed by atoms with Crippen LogP contribution in [-0.4, -0.2) is 31.1 Å². The summed E-state index contributed by atoms with van der Waals surface area (Å²) < 4.78 is 13.3. The number of rotatable bonds is 5. The summed E-state index contributed by atoms with van der Waals surface area (Å²) in [6.07, 6.45) is 2.63. The third-order valence-corrected chi connectivity index (χ3v) is 3.46. The number of nitrogens with two attached hydrogens (primary N) is 1. The highest BCUT2D eigenvalue weighted by molar-refractivity contribution is 5.66. The van der Waals surface area contributed by atoms with E-state index in [2.05, 4.69) is 17.1 Å².